The molecule has 0 spiro atoms. The van der Waals surface area contributed by atoms with E-state index in [-0.39, 0.29) is 34.4 Å². The van der Waals surface area contributed by atoms with Crippen LogP contribution in [-0.2, 0) is 9.59 Å². The maximum absolute atomic E-state index is 13.6. The summed E-state index contributed by atoms with van der Waals surface area (Å²) in [5.41, 5.74) is 8.99. The standard InChI is InChI=1S/C30H28N6O7S2/c1-41-21-12-23(43-3)22(42-2)11-17(21)25-18(13-31)27(32)36(19-5-4-6-20(37)26(19)25)29-34-35-30(45-29)44-14-24(38)33-16-9-7-15(8-10-16)28(39)40/h7-12,25H,4-6,14,32H2,1-3H3,(H,33,38)(H,39,40). The van der Waals surface area contributed by atoms with E-state index in [1.165, 1.54) is 56.9 Å². The fraction of sp³-hybridized carbons (Fsp3) is 0.267. The number of amides is 1. The van der Waals surface area contributed by atoms with Crippen molar-refractivity contribution >= 4 is 51.6 Å². The number of carbonyl (C=O) groups is 3. The highest BCUT2D eigenvalue weighted by Gasteiger charge is 2.42. The first kappa shape index (κ1) is 31.4. The molecular weight excluding hydrogens is 620 g/mol. The predicted molar refractivity (Wildman–Crippen MR) is 167 cm³/mol. The zero-order chi connectivity index (χ0) is 32.2. The van der Waals surface area contributed by atoms with Gasteiger partial charge in [-0.15, -0.1) is 10.2 Å². The van der Waals surface area contributed by atoms with Gasteiger partial charge in [-0.1, -0.05) is 23.1 Å². The summed E-state index contributed by atoms with van der Waals surface area (Å²) in [5.74, 6) is -0.933. The van der Waals surface area contributed by atoms with Crippen molar-refractivity contribution in [1.82, 2.24) is 10.2 Å². The number of benzene rings is 2. The first-order chi connectivity index (χ1) is 21.7. The zero-order valence-corrected chi connectivity index (χ0v) is 26.1. The van der Waals surface area contributed by atoms with Gasteiger partial charge in [0.15, 0.2) is 21.6 Å². The summed E-state index contributed by atoms with van der Waals surface area (Å²) in [4.78, 5) is 38.8. The minimum absolute atomic E-state index is 0.0116. The molecular formula is C30H28N6O7S2. The molecule has 1 atom stereocenters. The van der Waals surface area contributed by atoms with E-state index in [2.05, 4.69) is 21.6 Å². The minimum atomic E-state index is -1.06. The van der Waals surface area contributed by atoms with Crippen LogP contribution >= 0.6 is 23.1 Å². The summed E-state index contributed by atoms with van der Waals surface area (Å²) < 4.78 is 17.1. The summed E-state index contributed by atoms with van der Waals surface area (Å²) in [6.07, 6.45) is 1.41. The zero-order valence-electron chi connectivity index (χ0n) is 24.4. The van der Waals surface area contributed by atoms with Gasteiger partial charge in [-0.3, -0.25) is 14.5 Å². The van der Waals surface area contributed by atoms with Crippen molar-refractivity contribution in [2.24, 2.45) is 5.73 Å². The fourth-order valence-electron chi connectivity index (χ4n) is 5.27. The number of carboxylic acids is 1. The number of methoxy groups -OCH3 is 3. The number of carbonyl (C=O) groups excluding carboxylic acids is 2. The molecule has 0 radical (unpaired) electrons. The highest BCUT2D eigenvalue weighted by molar-refractivity contribution is 8.01. The summed E-state index contributed by atoms with van der Waals surface area (Å²) >= 11 is 2.33. The first-order valence-corrected chi connectivity index (χ1v) is 15.4. The van der Waals surface area contributed by atoms with Crippen molar-refractivity contribution in [2.45, 2.75) is 29.5 Å². The average Bonchev–Trinajstić information content (AvgIpc) is 3.51. The van der Waals surface area contributed by atoms with Crippen LogP contribution in [0.4, 0.5) is 10.8 Å². The lowest BCUT2D eigenvalue weighted by Gasteiger charge is -2.38. The number of ether oxygens (including phenoxy) is 3. The van der Waals surface area contributed by atoms with Gasteiger partial charge < -0.3 is 30.4 Å². The van der Waals surface area contributed by atoms with Crippen LogP contribution < -0.4 is 30.2 Å². The van der Waals surface area contributed by atoms with Crippen LogP contribution in [-0.4, -0.2) is 60.0 Å². The smallest absolute Gasteiger partial charge is 0.335 e. The number of thioether (sulfide) groups is 1. The first-order valence-electron chi connectivity index (χ1n) is 13.6. The van der Waals surface area contributed by atoms with Gasteiger partial charge >= 0.3 is 5.97 Å². The maximum atomic E-state index is 13.6. The van der Waals surface area contributed by atoms with E-state index in [0.717, 1.165) is 11.8 Å². The minimum Gasteiger partial charge on any atom is -0.496 e. The Morgan fingerprint density at radius 3 is 2.44 bits per heavy atom. The molecule has 3 aromatic rings. The average molecular weight is 649 g/mol. The Hall–Kier alpha value is -5.07. The molecule has 1 amide bonds. The largest absolute Gasteiger partial charge is 0.496 e. The Labute approximate surface area is 266 Å². The predicted octanol–water partition coefficient (Wildman–Crippen LogP) is 4.30. The second-order valence-corrected chi connectivity index (χ2v) is 12.0. The van der Waals surface area contributed by atoms with Gasteiger partial charge in [0.1, 0.15) is 11.6 Å². The van der Waals surface area contributed by atoms with E-state index in [4.69, 9.17) is 25.1 Å². The van der Waals surface area contributed by atoms with Crippen molar-refractivity contribution in [3.8, 4) is 23.3 Å². The van der Waals surface area contributed by atoms with E-state index in [9.17, 15) is 19.6 Å². The molecule has 0 bridgehead atoms. The molecule has 1 aliphatic heterocycles. The van der Waals surface area contributed by atoms with Crippen LogP contribution in [0.25, 0.3) is 0 Å². The third kappa shape index (κ3) is 6.15. The van der Waals surface area contributed by atoms with E-state index in [0.29, 0.717) is 68.5 Å². The number of nitriles is 1. The van der Waals surface area contributed by atoms with Crippen LogP contribution in [0.1, 0.15) is 41.1 Å². The quantitative estimate of drug-likeness (QED) is 0.264. The van der Waals surface area contributed by atoms with Gasteiger partial charge in [0, 0.05) is 35.0 Å². The highest BCUT2D eigenvalue weighted by Crippen LogP contribution is 2.50. The number of aromatic carboxylic acids is 1. The van der Waals surface area contributed by atoms with Crippen LogP contribution in [0.3, 0.4) is 0 Å². The molecule has 0 fully saturated rings. The van der Waals surface area contributed by atoms with Crippen LogP contribution in [0.2, 0.25) is 0 Å². The molecule has 15 heteroatoms. The van der Waals surface area contributed by atoms with Crippen molar-refractivity contribution in [1.29, 1.82) is 5.26 Å². The van der Waals surface area contributed by atoms with Crippen molar-refractivity contribution in [2.75, 3.05) is 37.3 Å². The van der Waals surface area contributed by atoms with Crippen LogP contribution in [0.15, 0.2) is 63.4 Å². The molecule has 1 unspecified atom stereocenters. The van der Waals surface area contributed by atoms with Gasteiger partial charge in [0.05, 0.1) is 50.2 Å². The van der Waals surface area contributed by atoms with Crippen molar-refractivity contribution < 1.29 is 33.7 Å². The molecule has 2 heterocycles. The number of hydrogen-bond donors (Lipinski definition) is 3. The number of aromatic nitrogens is 2. The number of hydrogen-bond acceptors (Lipinski definition) is 13. The fourth-order valence-corrected chi connectivity index (χ4v) is 6.95. The van der Waals surface area contributed by atoms with Gasteiger partial charge in [0.25, 0.3) is 0 Å². The normalized spacial score (nSPS) is 16.2. The number of nitrogens with two attached hydrogens (primary N) is 1. The number of allylic oxidation sites excluding steroid dienone is 3. The topological polar surface area (TPSA) is 190 Å². The molecule has 232 valence electrons. The Balaban J connectivity index is 1.44. The van der Waals surface area contributed by atoms with Crippen LogP contribution in [0, 0.1) is 11.3 Å². The summed E-state index contributed by atoms with van der Waals surface area (Å²) in [6, 6.07) is 11.4. The number of rotatable bonds is 10. The van der Waals surface area contributed by atoms with Crippen molar-refractivity contribution in [3.05, 3.63) is 70.2 Å². The molecule has 1 aromatic heterocycles. The Morgan fingerprint density at radius 2 is 1.80 bits per heavy atom. The lowest BCUT2D eigenvalue weighted by Crippen LogP contribution is -2.38. The molecule has 45 heavy (non-hydrogen) atoms. The highest BCUT2D eigenvalue weighted by atomic mass is 32.2. The van der Waals surface area contributed by atoms with Crippen LogP contribution in [0.5, 0.6) is 17.2 Å². The Bertz CT molecular complexity index is 1780. The molecule has 0 saturated carbocycles. The Morgan fingerprint density at radius 1 is 1.11 bits per heavy atom. The molecule has 13 nitrogen and oxygen atoms in total. The summed E-state index contributed by atoms with van der Waals surface area (Å²) in [6.45, 7) is 0. The lowest BCUT2D eigenvalue weighted by molar-refractivity contribution is -0.116. The summed E-state index contributed by atoms with van der Waals surface area (Å²) in [7, 11) is 4.49. The van der Waals surface area contributed by atoms with Gasteiger partial charge in [-0.25, -0.2) is 4.79 Å². The SMILES string of the molecule is COc1cc(OC)c(C2C(C#N)=C(N)N(c3nnc(SCC(=O)Nc4ccc(C(=O)O)cc4)s3)C3=C2C(=O)CCC3)cc1OC. The molecule has 2 aromatic carbocycles. The van der Waals surface area contributed by atoms with Gasteiger partial charge in [0.2, 0.25) is 11.0 Å². The Kier molecular flexibility index (Phi) is 9.26. The van der Waals surface area contributed by atoms with E-state index >= 15 is 0 Å². The molecule has 4 N–H and O–H groups in total. The number of carboxylic acid groups (broad SMARTS) is 1. The third-order valence-electron chi connectivity index (χ3n) is 7.29. The number of nitrogens with zero attached hydrogens (tertiary/aromatic N) is 4. The monoisotopic (exact) mass is 648 g/mol. The third-order valence-corrected chi connectivity index (χ3v) is 9.33. The van der Waals surface area contributed by atoms with E-state index < -0.39 is 11.9 Å². The number of anilines is 2. The van der Waals surface area contributed by atoms with E-state index in [1.54, 1.807) is 17.0 Å². The number of Topliss-reactive ketones (excluding diaryl/α,β-unsaturated/α-hetero) is 1. The summed E-state index contributed by atoms with van der Waals surface area (Å²) in [5, 5.41) is 31.0. The second kappa shape index (κ2) is 13.3. The van der Waals surface area contributed by atoms with Crippen molar-refractivity contribution in [3.63, 3.8) is 0 Å². The number of ketones is 1. The molecule has 0 saturated heterocycles. The van der Waals surface area contributed by atoms with Gasteiger partial charge in [-0.2, -0.15) is 5.26 Å². The molecule has 5 rings (SSSR count). The lowest BCUT2D eigenvalue weighted by atomic mass is 9.75. The molecule has 1 aliphatic carbocycles. The molecule has 2 aliphatic rings. The number of nitrogens with one attached hydrogen (secondary N) is 1. The maximum Gasteiger partial charge on any atom is 0.335 e. The van der Waals surface area contributed by atoms with Gasteiger partial charge in [-0.05, 0) is 43.2 Å². The van der Waals surface area contributed by atoms with E-state index in [1.807, 2.05) is 0 Å². The second-order valence-electron chi connectivity index (χ2n) is 9.84.